The molecule has 0 unspecified atom stereocenters. The first-order valence-corrected chi connectivity index (χ1v) is 9.33. The molecular weight excluding hydrogens is 354 g/mol. The van der Waals surface area contributed by atoms with Crippen molar-refractivity contribution in [2.45, 2.75) is 44.8 Å². The molecule has 2 rings (SSSR count). The van der Waals surface area contributed by atoms with Crippen LogP contribution < -0.4 is 5.32 Å². The van der Waals surface area contributed by atoms with E-state index in [0.29, 0.717) is 34.0 Å². The molecule has 0 aliphatic rings. The van der Waals surface area contributed by atoms with Gasteiger partial charge in [-0.3, -0.25) is 0 Å². The van der Waals surface area contributed by atoms with Gasteiger partial charge in [0.2, 0.25) is 0 Å². The maximum Gasteiger partial charge on any atom is 0.288 e. The lowest BCUT2D eigenvalue weighted by Gasteiger charge is -2.05. The van der Waals surface area contributed by atoms with E-state index >= 15 is 0 Å². The second-order valence-electron chi connectivity index (χ2n) is 4.77. The predicted octanol–water partition coefficient (Wildman–Crippen LogP) is 6.29. The Morgan fingerprint density at radius 3 is 2.42 bits per heavy atom. The molecule has 4 nitrogen and oxygen atoms in total. The topological polar surface area (TPSA) is 42.2 Å². The third-order valence-corrected chi connectivity index (χ3v) is 3.46. The van der Waals surface area contributed by atoms with E-state index in [0.717, 1.165) is 5.56 Å². The minimum Gasteiger partial charge on any atom is -0.374 e. The lowest BCUT2D eigenvalue weighted by Crippen LogP contribution is -2.11. The number of thioether (sulfide) groups is 1. The third-order valence-electron chi connectivity index (χ3n) is 2.75. The zero-order chi connectivity index (χ0) is 20.1. The molecule has 1 heterocycles. The molecule has 7 heteroatoms. The maximum absolute atomic E-state index is 12.4. The summed E-state index contributed by atoms with van der Waals surface area (Å²) in [5.74, 6) is -1.38. The number of aliphatic imine (C=N–C) groups is 1. The number of hydrogen-bond acceptors (Lipinski definition) is 4. The summed E-state index contributed by atoms with van der Waals surface area (Å²) in [5.41, 5.74) is 1.35. The highest BCUT2D eigenvalue weighted by Crippen LogP contribution is 2.30. The molecule has 0 amide bonds. The van der Waals surface area contributed by atoms with Gasteiger partial charge in [-0.25, -0.2) is 4.99 Å². The SMILES string of the molecule is C=Nc1cc(-c2cccc(SC(F)F)c2)nn1C(=C)NC.CC.CCC. The molecule has 0 aliphatic carbocycles. The summed E-state index contributed by atoms with van der Waals surface area (Å²) in [6.45, 7) is 15.6. The lowest BCUT2D eigenvalue weighted by atomic mass is 10.1. The van der Waals surface area contributed by atoms with Crippen molar-refractivity contribution < 1.29 is 8.78 Å². The van der Waals surface area contributed by atoms with Gasteiger partial charge in [-0.15, -0.1) is 0 Å². The van der Waals surface area contributed by atoms with E-state index in [-0.39, 0.29) is 0 Å². The first kappa shape index (κ1) is 23.9. The van der Waals surface area contributed by atoms with Crippen LogP contribution in [0, 0.1) is 0 Å². The monoisotopic (exact) mass is 382 g/mol. The smallest absolute Gasteiger partial charge is 0.288 e. The van der Waals surface area contributed by atoms with Gasteiger partial charge in [0.15, 0.2) is 5.82 Å². The van der Waals surface area contributed by atoms with Gasteiger partial charge in [-0.2, -0.15) is 18.6 Å². The summed E-state index contributed by atoms with van der Waals surface area (Å²) in [7, 11) is 1.72. The van der Waals surface area contributed by atoms with Gasteiger partial charge in [0.1, 0.15) is 5.82 Å². The first-order valence-electron chi connectivity index (χ1n) is 8.45. The summed E-state index contributed by atoms with van der Waals surface area (Å²) in [5, 5.41) is 7.24. The number of rotatable bonds is 6. The van der Waals surface area contributed by atoms with Gasteiger partial charge in [-0.05, 0) is 18.9 Å². The Kier molecular flexibility index (Phi) is 12.0. The van der Waals surface area contributed by atoms with Crippen LogP contribution in [0.5, 0.6) is 0 Å². The highest BCUT2D eigenvalue weighted by Gasteiger charge is 2.12. The number of alkyl halides is 2. The van der Waals surface area contributed by atoms with E-state index in [9.17, 15) is 8.78 Å². The van der Waals surface area contributed by atoms with Gasteiger partial charge in [0.25, 0.3) is 5.76 Å². The number of nitrogens with zero attached hydrogens (tertiary/aromatic N) is 3. The van der Waals surface area contributed by atoms with Gasteiger partial charge in [0, 0.05) is 23.6 Å². The molecule has 1 aromatic heterocycles. The fourth-order valence-corrected chi connectivity index (χ4v) is 2.32. The van der Waals surface area contributed by atoms with Crippen molar-refractivity contribution in [3.63, 3.8) is 0 Å². The fraction of sp³-hybridized carbons (Fsp3) is 0.368. The highest BCUT2D eigenvalue weighted by atomic mass is 32.2. The molecule has 0 fully saturated rings. The van der Waals surface area contributed by atoms with Gasteiger partial charge >= 0.3 is 0 Å². The summed E-state index contributed by atoms with van der Waals surface area (Å²) >= 11 is 0.501. The lowest BCUT2D eigenvalue weighted by molar-refractivity contribution is 0.252. The molecular formula is C19H28F2N4S. The molecule has 0 spiro atoms. The van der Waals surface area contributed by atoms with Gasteiger partial charge < -0.3 is 5.32 Å². The zero-order valence-electron chi connectivity index (χ0n) is 16.1. The average molecular weight is 383 g/mol. The van der Waals surface area contributed by atoms with E-state index in [2.05, 4.69) is 42.6 Å². The van der Waals surface area contributed by atoms with Crippen molar-refractivity contribution in [1.82, 2.24) is 15.1 Å². The van der Waals surface area contributed by atoms with Crippen molar-refractivity contribution >= 4 is 30.1 Å². The number of hydrogen-bond donors (Lipinski definition) is 1. The Labute approximate surface area is 159 Å². The van der Waals surface area contributed by atoms with Crippen molar-refractivity contribution in [1.29, 1.82) is 0 Å². The number of aromatic nitrogens is 2. The summed E-state index contributed by atoms with van der Waals surface area (Å²) < 4.78 is 26.4. The minimum absolute atomic E-state index is 0.484. The van der Waals surface area contributed by atoms with Crippen molar-refractivity contribution in [3.8, 4) is 11.3 Å². The molecule has 144 valence electrons. The van der Waals surface area contributed by atoms with Crippen LogP contribution >= 0.6 is 11.8 Å². The van der Waals surface area contributed by atoms with Gasteiger partial charge in [0.05, 0.1) is 5.69 Å². The maximum atomic E-state index is 12.4. The van der Waals surface area contributed by atoms with Crippen LogP contribution in [0.1, 0.15) is 34.1 Å². The Hall–Kier alpha value is -2.15. The second kappa shape index (κ2) is 13.1. The van der Waals surface area contributed by atoms with Crippen LogP contribution in [0.3, 0.4) is 0 Å². The largest absolute Gasteiger partial charge is 0.374 e. The first-order chi connectivity index (χ1) is 12.5. The molecule has 1 N–H and O–H groups in total. The Balaban J connectivity index is 0.00000113. The number of nitrogens with one attached hydrogen (secondary N) is 1. The Morgan fingerprint density at radius 2 is 1.92 bits per heavy atom. The summed E-state index contributed by atoms with van der Waals surface area (Å²) in [4.78, 5) is 4.36. The minimum atomic E-state index is -2.45. The van der Waals surface area contributed by atoms with E-state index in [1.807, 2.05) is 13.8 Å². The summed E-state index contributed by atoms with van der Waals surface area (Å²) in [6, 6.07) is 8.54. The third kappa shape index (κ3) is 7.39. The van der Waals surface area contributed by atoms with Crippen LogP contribution in [0.2, 0.25) is 0 Å². The second-order valence-corrected chi connectivity index (χ2v) is 5.83. The van der Waals surface area contributed by atoms with Crippen LogP contribution in [-0.4, -0.2) is 29.3 Å². The predicted molar refractivity (Wildman–Crippen MR) is 110 cm³/mol. The number of halogens is 2. The molecule has 0 saturated carbocycles. The summed E-state index contributed by atoms with van der Waals surface area (Å²) in [6.07, 6.45) is 1.25. The standard InChI is InChI=1S/C14H14F2N4S.C3H8.C2H6/c1-9(17-2)20-13(18-3)8-12(19-20)10-5-4-6-11(7-10)21-14(15)16;1-3-2;1-2/h4-8,14,17H,1,3H2,2H3;3H2,1-2H3;1-2H3. The molecule has 0 atom stereocenters. The van der Waals surface area contributed by atoms with E-state index < -0.39 is 5.76 Å². The molecule has 0 saturated heterocycles. The Bertz CT molecular complexity index is 684. The van der Waals surface area contributed by atoms with Crippen molar-refractivity contribution in [2.24, 2.45) is 4.99 Å². The van der Waals surface area contributed by atoms with Crippen molar-refractivity contribution in [3.05, 3.63) is 36.9 Å². The van der Waals surface area contributed by atoms with E-state index in [1.165, 1.54) is 11.1 Å². The zero-order valence-corrected chi connectivity index (χ0v) is 16.9. The quantitative estimate of drug-likeness (QED) is 0.472. The van der Waals surface area contributed by atoms with Crippen LogP contribution in [-0.2, 0) is 0 Å². The van der Waals surface area contributed by atoms with Gasteiger partial charge in [-0.1, -0.05) is 64.6 Å². The van der Waals surface area contributed by atoms with Crippen LogP contribution in [0.15, 0.2) is 46.8 Å². The van der Waals surface area contributed by atoms with E-state index in [1.54, 1.807) is 37.4 Å². The molecule has 2 aromatic rings. The molecule has 26 heavy (non-hydrogen) atoms. The molecule has 0 bridgehead atoms. The van der Waals surface area contributed by atoms with Crippen LogP contribution in [0.4, 0.5) is 14.6 Å². The van der Waals surface area contributed by atoms with E-state index in [4.69, 9.17) is 0 Å². The van der Waals surface area contributed by atoms with Crippen molar-refractivity contribution in [2.75, 3.05) is 7.05 Å². The molecule has 0 radical (unpaired) electrons. The Morgan fingerprint density at radius 1 is 1.31 bits per heavy atom. The molecule has 1 aromatic carbocycles. The molecule has 0 aliphatic heterocycles. The van der Waals surface area contributed by atoms with Crippen LogP contribution in [0.25, 0.3) is 17.1 Å². The number of benzene rings is 1. The average Bonchev–Trinajstić information content (AvgIpc) is 3.07. The normalized spacial score (nSPS) is 9.54. The highest BCUT2D eigenvalue weighted by molar-refractivity contribution is 7.99. The fourth-order valence-electron chi connectivity index (χ4n) is 1.76.